The highest BCUT2D eigenvalue weighted by Crippen LogP contribution is 2.32. The lowest BCUT2D eigenvalue weighted by Gasteiger charge is -2.27. The molecule has 0 heterocycles. The van der Waals surface area contributed by atoms with E-state index in [1.807, 2.05) is 6.07 Å². The predicted octanol–water partition coefficient (Wildman–Crippen LogP) is 3.75. The van der Waals surface area contributed by atoms with Crippen LogP contribution < -0.4 is 14.8 Å². The van der Waals surface area contributed by atoms with Gasteiger partial charge in [0.05, 0.1) is 19.1 Å². The van der Waals surface area contributed by atoms with Crippen LogP contribution in [-0.2, 0) is 11.3 Å². The third-order valence-corrected chi connectivity index (χ3v) is 5.50. The second-order valence-corrected chi connectivity index (χ2v) is 7.28. The number of carbonyl (C=O) groups is 1. The molecule has 0 aromatic heterocycles. The predicted molar refractivity (Wildman–Crippen MR) is 96.1 cm³/mol. The van der Waals surface area contributed by atoms with E-state index in [0.717, 1.165) is 56.6 Å². The molecule has 0 spiro atoms. The Hall–Kier alpha value is -1.75. The Bertz CT molecular complexity index is 575. The van der Waals surface area contributed by atoms with E-state index >= 15 is 0 Å². The van der Waals surface area contributed by atoms with Gasteiger partial charge in [0.25, 0.3) is 0 Å². The van der Waals surface area contributed by atoms with Gasteiger partial charge in [0.1, 0.15) is 0 Å². The molecule has 5 heteroatoms. The summed E-state index contributed by atoms with van der Waals surface area (Å²) in [4.78, 5) is 11.0. The Morgan fingerprint density at radius 3 is 2.48 bits per heavy atom. The fraction of sp³-hybridized carbons (Fsp3) is 0.650. The zero-order chi connectivity index (χ0) is 17.6. The molecule has 1 aromatic carbocycles. The number of ether oxygens (including phenoxy) is 2. The monoisotopic (exact) mass is 347 g/mol. The van der Waals surface area contributed by atoms with E-state index in [2.05, 4.69) is 17.4 Å². The first kappa shape index (κ1) is 18.1. The van der Waals surface area contributed by atoms with E-state index < -0.39 is 5.97 Å². The summed E-state index contributed by atoms with van der Waals surface area (Å²) in [5.41, 5.74) is 1.18. The lowest BCUT2D eigenvalue weighted by molar-refractivity contribution is -0.142. The van der Waals surface area contributed by atoms with Crippen LogP contribution in [0.15, 0.2) is 18.2 Å². The molecule has 1 aromatic rings. The van der Waals surface area contributed by atoms with Gasteiger partial charge < -0.3 is 19.9 Å². The summed E-state index contributed by atoms with van der Waals surface area (Å²) in [6.07, 6.45) is 8.44. The summed E-state index contributed by atoms with van der Waals surface area (Å²) in [5, 5.41) is 12.6. The van der Waals surface area contributed by atoms with Crippen molar-refractivity contribution in [2.45, 2.75) is 70.1 Å². The fourth-order valence-corrected chi connectivity index (χ4v) is 3.92. The van der Waals surface area contributed by atoms with Crippen LogP contribution in [-0.4, -0.2) is 30.3 Å². The van der Waals surface area contributed by atoms with Crippen molar-refractivity contribution >= 4 is 5.97 Å². The lowest BCUT2D eigenvalue weighted by atomic mass is 9.86. The first-order chi connectivity index (χ1) is 12.2. The highest BCUT2D eigenvalue weighted by Gasteiger charge is 2.25. The summed E-state index contributed by atoms with van der Waals surface area (Å²) in [5.74, 6) is 0.814. The van der Waals surface area contributed by atoms with E-state index in [0.29, 0.717) is 12.1 Å². The van der Waals surface area contributed by atoms with Gasteiger partial charge in [-0.2, -0.15) is 0 Å². The number of carboxylic acids is 1. The molecule has 0 atom stereocenters. The number of nitrogens with one attached hydrogen (secondary N) is 1. The second kappa shape index (κ2) is 8.56. The third kappa shape index (κ3) is 4.88. The van der Waals surface area contributed by atoms with Gasteiger partial charge in [-0.3, -0.25) is 4.79 Å². The maximum absolute atomic E-state index is 11.0. The zero-order valence-corrected chi connectivity index (χ0v) is 15.0. The molecule has 2 saturated carbocycles. The number of benzene rings is 1. The van der Waals surface area contributed by atoms with Crippen molar-refractivity contribution in [1.82, 2.24) is 5.32 Å². The van der Waals surface area contributed by atoms with E-state index in [9.17, 15) is 4.79 Å². The SMILES string of the molecule is COc1ccc(CNC2CCC(C(=O)O)CC2)cc1OC1CCCC1. The molecular weight excluding hydrogens is 318 g/mol. The molecule has 25 heavy (non-hydrogen) atoms. The Balaban J connectivity index is 1.54. The van der Waals surface area contributed by atoms with Crippen molar-refractivity contribution in [3.05, 3.63) is 23.8 Å². The second-order valence-electron chi connectivity index (χ2n) is 7.28. The first-order valence-electron chi connectivity index (χ1n) is 9.45. The van der Waals surface area contributed by atoms with Crippen molar-refractivity contribution in [2.24, 2.45) is 5.92 Å². The van der Waals surface area contributed by atoms with E-state index in [4.69, 9.17) is 14.6 Å². The Kier molecular flexibility index (Phi) is 6.19. The molecule has 2 fully saturated rings. The van der Waals surface area contributed by atoms with Crippen molar-refractivity contribution < 1.29 is 19.4 Å². The number of methoxy groups -OCH3 is 1. The minimum atomic E-state index is -0.651. The number of aliphatic carboxylic acids is 1. The van der Waals surface area contributed by atoms with Crippen LogP contribution in [0, 0.1) is 5.92 Å². The Morgan fingerprint density at radius 1 is 1.12 bits per heavy atom. The number of hydrogen-bond donors (Lipinski definition) is 2. The first-order valence-corrected chi connectivity index (χ1v) is 9.45. The fourth-order valence-electron chi connectivity index (χ4n) is 3.92. The van der Waals surface area contributed by atoms with Crippen molar-refractivity contribution in [3.63, 3.8) is 0 Å². The zero-order valence-electron chi connectivity index (χ0n) is 15.0. The highest BCUT2D eigenvalue weighted by atomic mass is 16.5. The molecule has 0 aliphatic heterocycles. The van der Waals surface area contributed by atoms with Gasteiger partial charge in [0.2, 0.25) is 0 Å². The van der Waals surface area contributed by atoms with Crippen LogP contribution in [0.3, 0.4) is 0 Å². The van der Waals surface area contributed by atoms with Gasteiger partial charge in [-0.15, -0.1) is 0 Å². The van der Waals surface area contributed by atoms with E-state index in [-0.39, 0.29) is 5.92 Å². The molecule has 5 nitrogen and oxygen atoms in total. The smallest absolute Gasteiger partial charge is 0.306 e. The summed E-state index contributed by atoms with van der Waals surface area (Å²) in [6.45, 7) is 0.771. The van der Waals surface area contributed by atoms with Crippen molar-refractivity contribution in [2.75, 3.05) is 7.11 Å². The average Bonchev–Trinajstić information content (AvgIpc) is 3.13. The normalized spacial score (nSPS) is 24.2. The summed E-state index contributed by atoms with van der Waals surface area (Å²) >= 11 is 0. The third-order valence-electron chi connectivity index (χ3n) is 5.50. The maximum Gasteiger partial charge on any atom is 0.306 e. The van der Waals surface area contributed by atoms with Crippen LogP contribution in [0.1, 0.15) is 56.9 Å². The van der Waals surface area contributed by atoms with Gasteiger partial charge in [-0.1, -0.05) is 6.07 Å². The van der Waals surface area contributed by atoms with Crippen LogP contribution in [0.5, 0.6) is 11.5 Å². The molecule has 0 bridgehead atoms. The molecule has 0 amide bonds. The van der Waals surface area contributed by atoms with Gasteiger partial charge in [-0.25, -0.2) is 0 Å². The summed E-state index contributed by atoms with van der Waals surface area (Å²) in [7, 11) is 1.68. The summed E-state index contributed by atoms with van der Waals surface area (Å²) in [6, 6.07) is 6.52. The molecule has 138 valence electrons. The van der Waals surface area contributed by atoms with Gasteiger partial charge >= 0.3 is 5.97 Å². The van der Waals surface area contributed by atoms with Crippen LogP contribution in [0.25, 0.3) is 0 Å². The van der Waals surface area contributed by atoms with Crippen LogP contribution >= 0.6 is 0 Å². The molecule has 2 N–H and O–H groups in total. The molecule has 0 saturated heterocycles. The van der Waals surface area contributed by atoms with Crippen LogP contribution in [0.4, 0.5) is 0 Å². The quantitative estimate of drug-likeness (QED) is 0.786. The van der Waals surface area contributed by atoms with E-state index in [1.54, 1.807) is 7.11 Å². The molecule has 0 unspecified atom stereocenters. The van der Waals surface area contributed by atoms with Gasteiger partial charge in [0, 0.05) is 12.6 Å². The Labute approximate surface area is 149 Å². The largest absolute Gasteiger partial charge is 0.493 e. The molecule has 0 radical (unpaired) electrons. The van der Waals surface area contributed by atoms with E-state index in [1.165, 1.54) is 18.4 Å². The molecular formula is C20H29NO4. The minimum absolute atomic E-state index is 0.162. The maximum atomic E-state index is 11.0. The molecule has 2 aliphatic carbocycles. The standard InChI is InChI=1S/C20H29NO4/c1-24-18-11-6-14(12-19(18)25-17-4-2-3-5-17)13-21-16-9-7-15(8-10-16)20(22)23/h6,11-12,15-17,21H,2-5,7-10,13H2,1H3,(H,22,23). The van der Waals surface area contributed by atoms with Crippen molar-refractivity contribution in [1.29, 1.82) is 0 Å². The average molecular weight is 347 g/mol. The van der Waals surface area contributed by atoms with Gasteiger partial charge in [0.15, 0.2) is 11.5 Å². The number of hydrogen-bond acceptors (Lipinski definition) is 4. The highest BCUT2D eigenvalue weighted by molar-refractivity contribution is 5.70. The number of rotatable bonds is 7. The van der Waals surface area contributed by atoms with Crippen LogP contribution in [0.2, 0.25) is 0 Å². The van der Waals surface area contributed by atoms with Gasteiger partial charge in [-0.05, 0) is 69.1 Å². The molecule has 3 rings (SSSR count). The summed E-state index contributed by atoms with van der Waals surface area (Å²) < 4.78 is 11.6. The topological polar surface area (TPSA) is 67.8 Å². The van der Waals surface area contributed by atoms with Crippen molar-refractivity contribution in [3.8, 4) is 11.5 Å². The molecule has 2 aliphatic rings. The number of carboxylic acid groups (broad SMARTS) is 1. The Morgan fingerprint density at radius 2 is 1.84 bits per heavy atom. The minimum Gasteiger partial charge on any atom is -0.493 e. The lowest BCUT2D eigenvalue weighted by Crippen LogP contribution is -2.34.